The van der Waals surface area contributed by atoms with Crippen LogP contribution >= 0.6 is 11.6 Å². The van der Waals surface area contributed by atoms with Crippen LogP contribution in [0.15, 0.2) is 60.3 Å². The summed E-state index contributed by atoms with van der Waals surface area (Å²) in [6, 6.07) is 16.4. The highest BCUT2D eigenvalue weighted by molar-refractivity contribution is 6.30. The van der Waals surface area contributed by atoms with Crippen molar-refractivity contribution in [3.8, 4) is 6.07 Å². The fraction of sp³-hybridized carbons (Fsp3) is 0.158. The number of nitrogens with one attached hydrogen (secondary N) is 2. The summed E-state index contributed by atoms with van der Waals surface area (Å²) in [7, 11) is 0. The van der Waals surface area contributed by atoms with Crippen LogP contribution < -0.4 is 10.6 Å². The second-order valence-corrected chi connectivity index (χ2v) is 5.77. The zero-order valence-corrected chi connectivity index (χ0v) is 14.3. The molecule has 2 aromatic carbocycles. The molecule has 0 atom stereocenters. The highest BCUT2D eigenvalue weighted by Gasteiger charge is 2.08. The van der Waals surface area contributed by atoms with Crippen LogP contribution in [0.4, 0.5) is 0 Å². The molecule has 0 saturated carbocycles. The van der Waals surface area contributed by atoms with Crippen molar-refractivity contribution in [3.05, 3.63) is 82.0 Å². The van der Waals surface area contributed by atoms with E-state index < -0.39 is 5.91 Å². The molecule has 0 radical (unpaired) electrons. The van der Waals surface area contributed by atoms with Crippen LogP contribution in [0, 0.1) is 11.3 Å². The van der Waals surface area contributed by atoms with Crippen molar-refractivity contribution in [1.82, 2.24) is 10.6 Å². The number of hydrogen-bond acceptors (Lipinski definition) is 4. The average molecular weight is 356 g/mol. The van der Waals surface area contributed by atoms with Gasteiger partial charge < -0.3 is 15.7 Å². The largest absolute Gasteiger partial charge is 0.392 e. The van der Waals surface area contributed by atoms with Crippen LogP contribution in [0.2, 0.25) is 5.02 Å². The Morgan fingerprint density at radius 2 is 1.60 bits per heavy atom. The minimum atomic E-state index is -0.444. The Morgan fingerprint density at radius 3 is 2.20 bits per heavy atom. The van der Waals surface area contributed by atoms with Crippen LogP contribution in [-0.4, -0.2) is 11.0 Å². The highest BCUT2D eigenvalue weighted by atomic mass is 35.5. The third-order valence-corrected chi connectivity index (χ3v) is 3.74. The van der Waals surface area contributed by atoms with Crippen molar-refractivity contribution >= 4 is 17.5 Å². The van der Waals surface area contributed by atoms with Crippen molar-refractivity contribution in [1.29, 1.82) is 5.26 Å². The molecule has 0 saturated heterocycles. The van der Waals surface area contributed by atoms with Crippen molar-refractivity contribution in [2.24, 2.45) is 0 Å². The summed E-state index contributed by atoms with van der Waals surface area (Å²) in [6.45, 7) is 0.791. The standard InChI is InChI=1S/C19H18ClN3O2/c20-18-7-5-15(6-8-18)11-23-19(25)17(9-21)12-22-10-14-1-3-16(13-24)4-2-14/h1-8,12,22,24H,10-11,13H2,(H,23,25)/b17-12-. The number of nitrogens with zero attached hydrogens (tertiary/aromatic N) is 1. The molecule has 3 N–H and O–H groups in total. The zero-order chi connectivity index (χ0) is 18.1. The van der Waals surface area contributed by atoms with E-state index >= 15 is 0 Å². The number of benzene rings is 2. The van der Waals surface area contributed by atoms with Gasteiger partial charge in [0, 0.05) is 24.3 Å². The summed E-state index contributed by atoms with van der Waals surface area (Å²) in [5, 5.41) is 24.4. The zero-order valence-electron chi connectivity index (χ0n) is 13.5. The van der Waals surface area contributed by atoms with Gasteiger partial charge in [0.15, 0.2) is 0 Å². The molecule has 0 fully saturated rings. The number of aliphatic hydroxyl groups is 1. The highest BCUT2D eigenvalue weighted by Crippen LogP contribution is 2.09. The Bertz CT molecular complexity index is 778. The molecule has 128 valence electrons. The minimum absolute atomic E-state index is 0.0000172. The summed E-state index contributed by atoms with van der Waals surface area (Å²) >= 11 is 5.81. The first-order chi connectivity index (χ1) is 12.1. The lowest BCUT2D eigenvalue weighted by Crippen LogP contribution is -2.25. The monoisotopic (exact) mass is 355 g/mol. The van der Waals surface area contributed by atoms with E-state index in [1.54, 1.807) is 12.1 Å². The van der Waals surface area contributed by atoms with Gasteiger partial charge >= 0.3 is 0 Å². The Morgan fingerprint density at radius 1 is 1.04 bits per heavy atom. The SMILES string of the molecule is N#C/C(=C/NCc1ccc(CO)cc1)C(=O)NCc1ccc(Cl)cc1. The van der Waals surface area contributed by atoms with Gasteiger partial charge in [0.2, 0.25) is 0 Å². The molecular formula is C19H18ClN3O2. The smallest absolute Gasteiger partial charge is 0.263 e. The van der Waals surface area contributed by atoms with E-state index in [4.69, 9.17) is 22.0 Å². The first-order valence-electron chi connectivity index (χ1n) is 7.67. The molecule has 0 aliphatic carbocycles. The van der Waals surface area contributed by atoms with Gasteiger partial charge in [-0.05, 0) is 28.8 Å². The van der Waals surface area contributed by atoms with Gasteiger partial charge in [0.25, 0.3) is 5.91 Å². The quantitative estimate of drug-likeness (QED) is 0.526. The summed E-state index contributed by atoms with van der Waals surface area (Å²) in [4.78, 5) is 12.0. The fourth-order valence-corrected chi connectivity index (χ4v) is 2.19. The van der Waals surface area contributed by atoms with Crippen LogP contribution in [0.1, 0.15) is 16.7 Å². The van der Waals surface area contributed by atoms with E-state index in [2.05, 4.69) is 10.6 Å². The molecule has 1 amide bonds. The molecular weight excluding hydrogens is 338 g/mol. The van der Waals surface area contributed by atoms with Gasteiger partial charge in [-0.1, -0.05) is 48.0 Å². The molecule has 0 aromatic heterocycles. The Balaban J connectivity index is 1.86. The van der Waals surface area contributed by atoms with Gasteiger partial charge in [-0.2, -0.15) is 5.26 Å². The van der Waals surface area contributed by atoms with E-state index in [-0.39, 0.29) is 12.2 Å². The lowest BCUT2D eigenvalue weighted by Gasteiger charge is -2.06. The van der Waals surface area contributed by atoms with Gasteiger partial charge in [-0.3, -0.25) is 4.79 Å². The van der Waals surface area contributed by atoms with Crippen LogP contribution in [-0.2, 0) is 24.5 Å². The number of halogens is 1. The van der Waals surface area contributed by atoms with E-state index in [1.807, 2.05) is 42.5 Å². The molecule has 0 aliphatic heterocycles. The summed E-state index contributed by atoms with van der Waals surface area (Å²) < 4.78 is 0. The maximum absolute atomic E-state index is 12.0. The average Bonchev–Trinajstić information content (AvgIpc) is 2.65. The first-order valence-corrected chi connectivity index (χ1v) is 8.05. The maximum atomic E-state index is 12.0. The third-order valence-electron chi connectivity index (χ3n) is 3.49. The van der Waals surface area contributed by atoms with Crippen LogP contribution in [0.5, 0.6) is 0 Å². The lowest BCUT2D eigenvalue weighted by molar-refractivity contribution is -0.117. The van der Waals surface area contributed by atoms with Crippen molar-refractivity contribution in [2.75, 3.05) is 0 Å². The van der Waals surface area contributed by atoms with Gasteiger partial charge in [-0.15, -0.1) is 0 Å². The third kappa shape index (κ3) is 5.96. The summed E-state index contributed by atoms with van der Waals surface area (Å²) in [5.41, 5.74) is 2.71. The Kier molecular flexibility index (Phi) is 7.02. The van der Waals surface area contributed by atoms with Crippen LogP contribution in [0.25, 0.3) is 0 Å². The molecule has 2 rings (SSSR count). The topological polar surface area (TPSA) is 85.2 Å². The van der Waals surface area contributed by atoms with E-state index in [9.17, 15) is 4.79 Å². The second kappa shape index (κ2) is 9.48. The van der Waals surface area contributed by atoms with Crippen molar-refractivity contribution < 1.29 is 9.90 Å². The van der Waals surface area contributed by atoms with E-state index in [0.717, 1.165) is 16.7 Å². The molecule has 2 aromatic rings. The number of carbonyl (C=O) groups excluding carboxylic acids is 1. The van der Waals surface area contributed by atoms with Crippen molar-refractivity contribution in [3.63, 3.8) is 0 Å². The number of nitriles is 1. The first kappa shape index (κ1) is 18.5. The summed E-state index contributed by atoms with van der Waals surface area (Å²) in [6.07, 6.45) is 1.40. The molecule has 25 heavy (non-hydrogen) atoms. The number of amides is 1. The molecule has 5 nitrogen and oxygen atoms in total. The number of rotatable bonds is 7. The number of carbonyl (C=O) groups is 1. The molecule has 0 heterocycles. The minimum Gasteiger partial charge on any atom is -0.392 e. The molecule has 0 aliphatic rings. The van der Waals surface area contributed by atoms with Gasteiger partial charge in [0.1, 0.15) is 11.6 Å². The predicted molar refractivity (Wildman–Crippen MR) is 96.2 cm³/mol. The van der Waals surface area contributed by atoms with Gasteiger partial charge in [0.05, 0.1) is 6.61 Å². The van der Waals surface area contributed by atoms with Crippen molar-refractivity contribution in [2.45, 2.75) is 19.7 Å². The predicted octanol–water partition coefficient (Wildman–Crippen LogP) is 2.65. The second-order valence-electron chi connectivity index (χ2n) is 5.33. The van der Waals surface area contributed by atoms with E-state index in [0.29, 0.717) is 18.1 Å². The Labute approximate surface area is 151 Å². The Hall–Kier alpha value is -2.81. The fourth-order valence-electron chi connectivity index (χ4n) is 2.06. The normalized spacial score (nSPS) is 10.8. The molecule has 0 unspecified atom stereocenters. The molecule has 0 spiro atoms. The van der Waals surface area contributed by atoms with Crippen LogP contribution in [0.3, 0.4) is 0 Å². The van der Waals surface area contributed by atoms with Gasteiger partial charge in [-0.25, -0.2) is 0 Å². The lowest BCUT2D eigenvalue weighted by atomic mass is 10.1. The molecule has 6 heteroatoms. The number of aliphatic hydroxyl groups excluding tert-OH is 1. The maximum Gasteiger partial charge on any atom is 0.263 e. The summed E-state index contributed by atoms with van der Waals surface area (Å²) in [5.74, 6) is -0.444. The molecule has 0 bridgehead atoms. The van der Waals surface area contributed by atoms with E-state index in [1.165, 1.54) is 6.20 Å². The number of hydrogen-bond donors (Lipinski definition) is 3.